The lowest BCUT2D eigenvalue weighted by Gasteiger charge is -2.28. The highest BCUT2D eigenvalue weighted by Gasteiger charge is 2.49. The lowest BCUT2D eigenvalue weighted by atomic mass is 9.93. The van der Waals surface area contributed by atoms with E-state index in [0.29, 0.717) is 5.56 Å². The Morgan fingerprint density at radius 2 is 1.69 bits per heavy atom. The van der Waals surface area contributed by atoms with Crippen molar-refractivity contribution in [1.29, 1.82) is 0 Å². The lowest BCUT2D eigenvalue weighted by molar-refractivity contribution is -0.467. The molecule has 9 heteroatoms. The van der Waals surface area contributed by atoms with E-state index in [0.717, 1.165) is 0 Å². The molecule has 0 fully saturated rings. The fraction of sp³-hybridized carbons (Fsp3) is 0.471. The molecule has 1 aromatic carbocycles. The summed E-state index contributed by atoms with van der Waals surface area (Å²) in [5, 5.41) is 10.5. The molecule has 0 aliphatic carbocycles. The maximum Gasteiger partial charge on any atom is 0.338 e. The Morgan fingerprint density at radius 3 is 2.19 bits per heavy atom. The number of hydrogen-bond donors (Lipinski definition) is 1. The van der Waals surface area contributed by atoms with Crippen LogP contribution in [0.1, 0.15) is 32.8 Å². The van der Waals surface area contributed by atoms with Crippen molar-refractivity contribution < 1.29 is 28.8 Å². The van der Waals surface area contributed by atoms with Gasteiger partial charge < -0.3 is 15.2 Å². The van der Waals surface area contributed by atoms with E-state index in [1.165, 1.54) is 0 Å². The van der Waals surface area contributed by atoms with E-state index in [9.17, 15) is 24.5 Å². The lowest BCUT2D eigenvalue weighted by Crippen LogP contribution is -2.59. The number of ether oxygens (including phenoxy) is 2. The van der Waals surface area contributed by atoms with Gasteiger partial charge in [-0.3, -0.25) is 14.9 Å². The molecule has 0 amide bonds. The first-order valence-corrected chi connectivity index (χ1v) is 7.81. The maximum atomic E-state index is 12.4. The number of carbonyl (C=O) groups excluding carboxylic acids is 3. The van der Waals surface area contributed by atoms with Gasteiger partial charge in [0, 0.05) is 4.92 Å². The molecule has 26 heavy (non-hydrogen) atoms. The summed E-state index contributed by atoms with van der Waals surface area (Å²) in [6.45, 7) is 3.43. The minimum absolute atomic E-state index is 0.176. The highest BCUT2D eigenvalue weighted by molar-refractivity contribution is 6.08. The molecule has 0 aliphatic rings. The number of nitrogens with two attached hydrogens (primary N) is 1. The Hall–Kier alpha value is -2.81. The molecule has 0 saturated heterocycles. The van der Waals surface area contributed by atoms with Gasteiger partial charge in [0.25, 0.3) is 6.54 Å². The smallest absolute Gasteiger partial charge is 0.338 e. The third-order valence-corrected chi connectivity index (χ3v) is 3.12. The van der Waals surface area contributed by atoms with Gasteiger partial charge in [-0.05, 0) is 26.3 Å². The fourth-order valence-electron chi connectivity index (χ4n) is 1.96. The second kappa shape index (κ2) is 8.52. The van der Waals surface area contributed by atoms with Crippen LogP contribution in [0.15, 0.2) is 30.3 Å². The molecule has 1 aromatic rings. The summed E-state index contributed by atoms with van der Waals surface area (Å²) in [6.07, 6.45) is -0.892. The van der Waals surface area contributed by atoms with Gasteiger partial charge >= 0.3 is 11.9 Å². The van der Waals surface area contributed by atoms with Gasteiger partial charge in [-0.15, -0.1) is 0 Å². The molecule has 0 radical (unpaired) electrons. The number of benzene rings is 1. The van der Waals surface area contributed by atoms with Crippen molar-refractivity contribution in [1.82, 2.24) is 0 Å². The van der Waals surface area contributed by atoms with Crippen LogP contribution in [0.25, 0.3) is 0 Å². The summed E-state index contributed by atoms with van der Waals surface area (Å²) in [5.74, 6) is -3.35. The Kier molecular flexibility index (Phi) is 6.96. The van der Waals surface area contributed by atoms with Crippen molar-refractivity contribution in [2.45, 2.75) is 44.9 Å². The minimum atomic E-state index is -2.46. The third-order valence-electron chi connectivity index (χ3n) is 3.12. The molecule has 0 bridgehead atoms. The third kappa shape index (κ3) is 6.60. The monoisotopic (exact) mass is 366 g/mol. The van der Waals surface area contributed by atoms with Crippen LogP contribution in [-0.2, 0) is 30.5 Å². The molecule has 1 unspecified atom stereocenters. The van der Waals surface area contributed by atoms with E-state index < -0.39 is 46.8 Å². The van der Waals surface area contributed by atoms with Gasteiger partial charge in [0.05, 0.1) is 6.42 Å². The topological polar surface area (TPSA) is 139 Å². The van der Waals surface area contributed by atoms with Gasteiger partial charge in [-0.1, -0.05) is 30.3 Å². The average molecular weight is 366 g/mol. The van der Waals surface area contributed by atoms with E-state index in [4.69, 9.17) is 15.2 Å². The van der Waals surface area contributed by atoms with Crippen LogP contribution < -0.4 is 5.73 Å². The highest BCUT2D eigenvalue weighted by atomic mass is 16.6. The van der Waals surface area contributed by atoms with Crippen LogP contribution in [0, 0.1) is 10.1 Å². The zero-order valence-electron chi connectivity index (χ0n) is 14.9. The zero-order chi connectivity index (χ0) is 20.0. The van der Waals surface area contributed by atoms with Crippen LogP contribution in [0.3, 0.4) is 0 Å². The van der Waals surface area contributed by atoms with Gasteiger partial charge in [-0.2, -0.15) is 0 Å². The summed E-state index contributed by atoms with van der Waals surface area (Å²) >= 11 is 0. The maximum absolute atomic E-state index is 12.4. The molecule has 0 heterocycles. The summed E-state index contributed by atoms with van der Waals surface area (Å²) in [5.41, 5.74) is 3.04. The van der Waals surface area contributed by atoms with E-state index in [1.54, 1.807) is 51.1 Å². The second-order valence-corrected chi connectivity index (χ2v) is 6.74. The minimum Gasteiger partial charge on any atom is -0.459 e. The predicted molar refractivity (Wildman–Crippen MR) is 90.5 cm³/mol. The number of carbonyl (C=O) groups is 3. The molecule has 9 nitrogen and oxygen atoms in total. The van der Waals surface area contributed by atoms with Crippen LogP contribution in [0.2, 0.25) is 0 Å². The SMILES string of the molecule is CC(C)(C)OC(=O)C(N)(CC(=O)C[N+](=O)[O-])C(=O)OCc1ccccc1. The van der Waals surface area contributed by atoms with Crippen molar-refractivity contribution in [2.24, 2.45) is 5.73 Å². The molecule has 0 spiro atoms. The largest absolute Gasteiger partial charge is 0.459 e. The van der Waals surface area contributed by atoms with E-state index in [-0.39, 0.29) is 6.61 Å². The quantitative estimate of drug-likeness (QED) is 0.311. The predicted octanol–water partition coefficient (Wildman–Crippen LogP) is 1.00. The van der Waals surface area contributed by atoms with Crippen molar-refractivity contribution in [3.63, 3.8) is 0 Å². The first kappa shape index (κ1) is 21.2. The Labute approximate surface area is 150 Å². The first-order valence-electron chi connectivity index (χ1n) is 7.81. The molecule has 0 aliphatic heterocycles. The summed E-state index contributed by atoms with van der Waals surface area (Å²) in [7, 11) is 0. The van der Waals surface area contributed by atoms with Gasteiger partial charge in [0.15, 0.2) is 0 Å². The molecule has 1 rings (SSSR count). The molecule has 142 valence electrons. The standard InChI is InChI=1S/C17H22N2O7/c1-16(2,3)26-15(22)17(18,9-13(20)10-19(23)24)14(21)25-11-12-7-5-4-6-8-12/h4-8H,9-11,18H2,1-3H3. The van der Waals surface area contributed by atoms with Crippen molar-refractivity contribution in [2.75, 3.05) is 6.54 Å². The highest BCUT2D eigenvalue weighted by Crippen LogP contribution is 2.19. The number of nitrogens with zero attached hydrogens (tertiary/aromatic N) is 1. The summed E-state index contributed by atoms with van der Waals surface area (Å²) in [4.78, 5) is 46.2. The molecule has 0 aromatic heterocycles. The molecule has 0 saturated carbocycles. The van der Waals surface area contributed by atoms with Crippen LogP contribution in [0.4, 0.5) is 0 Å². The number of ketones is 1. The van der Waals surface area contributed by atoms with Crippen molar-refractivity contribution >= 4 is 17.7 Å². The Morgan fingerprint density at radius 1 is 1.12 bits per heavy atom. The van der Waals surface area contributed by atoms with E-state index in [1.807, 2.05) is 0 Å². The van der Waals surface area contributed by atoms with Crippen molar-refractivity contribution in [3.05, 3.63) is 46.0 Å². The van der Waals surface area contributed by atoms with E-state index >= 15 is 0 Å². The number of esters is 2. The second-order valence-electron chi connectivity index (χ2n) is 6.74. The Balaban J connectivity index is 2.97. The number of rotatable bonds is 8. The number of nitro groups is 1. The number of hydrogen-bond acceptors (Lipinski definition) is 8. The molecule has 2 N–H and O–H groups in total. The van der Waals surface area contributed by atoms with Crippen LogP contribution >= 0.6 is 0 Å². The summed E-state index contributed by atoms with van der Waals surface area (Å²) < 4.78 is 10.1. The van der Waals surface area contributed by atoms with Crippen molar-refractivity contribution in [3.8, 4) is 0 Å². The summed E-state index contributed by atoms with van der Waals surface area (Å²) in [6, 6.07) is 8.61. The molecular formula is C17H22N2O7. The Bertz CT molecular complexity index is 682. The van der Waals surface area contributed by atoms with Gasteiger partial charge in [0.2, 0.25) is 11.3 Å². The fourth-order valence-corrected chi connectivity index (χ4v) is 1.96. The first-order chi connectivity index (χ1) is 11.9. The molecular weight excluding hydrogens is 344 g/mol. The number of Topliss-reactive ketones (excluding diaryl/α,β-unsaturated/α-hetero) is 1. The normalized spacial score (nSPS) is 13.4. The zero-order valence-corrected chi connectivity index (χ0v) is 14.9. The van der Waals surface area contributed by atoms with Gasteiger partial charge in [0.1, 0.15) is 12.2 Å². The van der Waals surface area contributed by atoms with E-state index in [2.05, 4.69) is 0 Å². The average Bonchev–Trinajstić information content (AvgIpc) is 2.50. The van der Waals surface area contributed by atoms with Crippen LogP contribution in [-0.4, -0.2) is 40.3 Å². The van der Waals surface area contributed by atoms with Crippen LogP contribution in [0.5, 0.6) is 0 Å². The van der Waals surface area contributed by atoms with Gasteiger partial charge in [-0.25, -0.2) is 9.59 Å². The molecule has 1 atom stereocenters.